The number of nitrogens with zero attached hydrogens (tertiary/aromatic N) is 1. The molecule has 2 aliphatic rings. The number of hydrogen-bond donors (Lipinski definition) is 0. The minimum Gasteiger partial charge on any atom is -0.452 e. The third-order valence-electron chi connectivity index (χ3n) is 3.81. The number of hydrogen-bond acceptors (Lipinski definition) is 4. The molecule has 0 N–H and O–H groups in total. The number of carbonyl (C=O) groups is 1. The lowest BCUT2D eigenvalue weighted by Crippen LogP contribution is -2.58. The molecule has 2 atom stereocenters. The van der Waals surface area contributed by atoms with Crippen LogP contribution in [-0.4, -0.2) is 22.5 Å². The van der Waals surface area contributed by atoms with Gasteiger partial charge in [0, 0.05) is 10.8 Å². The summed E-state index contributed by atoms with van der Waals surface area (Å²) < 4.78 is 5.38. The predicted molar refractivity (Wildman–Crippen MR) is 56.5 cm³/mol. The van der Waals surface area contributed by atoms with Crippen molar-refractivity contribution in [2.75, 3.05) is 0 Å². The maximum atomic E-state index is 11.5. The Kier molecular flexibility index (Phi) is 2.86. The summed E-state index contributed by atoms with van der Waals surface area (Å²) in [5, 5.41) is 11.2. The molecule has 2 rings (SSSR count). The molecular formula is C11H17NO4. The molecule has 5 nitrogen and oxygen atoms in total. The third-order valence-corrected chi connectivity index (χ3v) is 3.81. The van der Waals surface area contributed by atoms with Gasteiger partial charge in [0.2, 0.25) is 0 Å². The molecule has 5 heteroatoms. The second-order valence-corrected chi connectivity index (χ2v) is 5.01. The highest BCUT2D eigenvalue weighted by molar-refractivity contribution is 5.71. The van der Waals surface area contributed by atoms with Gasteiger partial charge in [-0.05, 0) is 25.7 Å². The molecule has 0 unspecified atom stereocenters. The quantitative estimate of drug-likeness (QED) is 0.390. The Morgan fingerprint density at radius 2 is 2.00 bits per heavy atom. The fraction of sp³-hybridized carbons (Fsp3) is 0.909. The van der Waals surface area contributed by atoms with E-state index in [1.807, 2.05) is 0 Å². The first kappa shape index (κ1) is 11.4. The van der Waals surface area contributed by atoms with E-state index in [4.69, 9.17) is 4.74 Å². The lowest BCUT2D eigenvalue weighted by molar-refractivity contribution is -0.559. The Hall–Kier alpha value is -1.13. The van der Waals surface area contributed by atoms with Crippen LogP contribution in [0.5, 0.6) is 0 Å². The van der Waals surface area contributed by atoms with Crippen molar-refractivity contribution >= 4 is 5.97 Å². The number of rotatable bonds is 1. The summed E-state index contributed by atoms with van der Waals surface area (Å²) in [4.78, 5) is 22.4. The van der Waals surface area contributed by atoms with E-state index in [-0.39, 0.29) is 23.2 Å². The van der Waals surface area contributed by atoms with Crippen LogP contribution in [0.25, 0.3) is 0 Å². The summed E-state index contributed by atoms with van der Waals surface area (Å²) >= 11 is 0. The highest BCUT2D eigenvalue weighted by Crippen LogP contribution is 2.42. The van der Waals surface area contributed by atoms with Gasteiger partial charge in [-0.2, -0.15) is 0 Å². The minimum atomic E-state index is -0.809. The van der Waals surface area contributed by atoms with E-state index in [1.54, 1.807) is 6.92 Å². The molecule has 1 saturated carbocycles. The van der Waals surface area contributed by atoms with Crippen LogP contribution in [-0.2, 0) is 9.53 Å². The molecule has 1 heterocycles. The van der Waals surface area contributed by atoms with Gasteiger partial charge in [-0.15, -0.1) is 0 Å². The molecular weight excluding hydrogens is 210 g/mol. The van der Waals surface area contributed by atoms with Gasteiger partial charge in [-0.25, -0.2) is 0 Å². The van der Waals surface area contributed by atoms with Crippen molar-refractivity contribution in [1.82, 2.24) is 0 Å². The molecule has 90 valence electrons. The van der Waals surface area contributed by atoms with Gasteiger partial charge in [-0.1, -0.05) is 13.3 Å². The average molecular weight is 227 g/mol. The monoisotopic (exact) mass is 227 g/mol. The predicted octanol–water partition coefficient (Wildman–Crippen LogP) is 1.92. The zero-order chi connectivity index (χ0) is 11.8. The normalized spacial score (nSPS) is 33.4. The first-order valence-corrected chi connectivity index (χ1v) is 5.90. The fourth-order valence-corrected chi connectivity index (χ4v) is 3.17. The zero-order valence-electron chi connectivity index (χ0n) is 9.48. The molecule has 0 amide bonds. The summed E-state index contributed by atoms with van der Waals surface area (Å²) in [6.07, 6.45) is 4.39. The topological polar surface area (TPSA) is 69.4 Å². The third kappa shape index (κ3) is 1.79. The first-order chi connectivity index (χ1) is 7.55. The van der Waals surface area contributed by atoms with E-state index in [1.165, 1.54) is 0 Å². The largest absolute Gasteiger partial charge is 0.452 e. The maximum absolute atomic E-state index is 11.5. The van der Waals surface area contributed by atoms with E-state index in [0.29, 0.717) is 12.8 Å². The van der Waals surface area contributed by atoms with Crippen LogP contribution in [0.2, 0.25) is 0 Å². The maximum Gasteiger partial charge on any atom is 0.307 e. The SMILES string of the molecule is C[C@@H]1CC(=O)OC2(CCCCC2)[C@@H]1[N+](=O)[O-]. The van der Waals surface area contributed by atoms with Gasteiger partial charge in [0.25, 0.3) is 6.04 Å². The second kappa shape index (κ2) is 4.03. The van der Waals surface area contributed by atoms with Crippen molar-refractivity contribution in [1.29, 1.82) is 0 Å². The Bertz CT molecular complexity index is 309. The van der Waals surface area contributed by atoms with Crippen LogP contribution >= 0.6 is 0 Å². The Labute approximate surface area is 94.3 Å². The average Bonchev–Trinajstić information content (AvgIpc) is 2.16. The lowest BCUT2D eigenvalue weighted by atomic mass is 9.73. The molecule has 1 aliphatic carbocycles. The van der Waals surface area contributed by atoms with Crippen LogP contribution in [0.3, 0.4) is 0 Å². The molecule has 1 spiro atoms. The molecule has 1 aliphatic heterocycles. The number of esters is 1. The Balaban J connectivity index is 2.29. The molecule has 2 fully saturated rings. The van der Waals surface area contributed by atoms with Gasteiger partial charge in [0.05, 0.1) is 6.42 Å². The summed E-state index contributed by atoms with van der Waals surface area (Å²) in [7, 11) is 0. The second-order valence-electron chi connectivity index (χ2n) is 5.01. The van der Waals surface area contributed by atoms with E-state index in [2.05, 4.69) is 0 Å². The van der Waals surface area contributed by atoms with Gasteiger partial charge in [-0.3, -0.25) is 14.9 Å². The van der Waals surface area contributed by atoms with E-state index >= 15 is 0 Å². The van der Waals surface area contributed by atoms with Crippen LogP contribution < -0.4 is 0 Å². The van der Waals surface area contributed by atoms with Crippen molar-refractivity contribution in [3.8, 4) is 0 Å². The van der Waals surface area contributed by atoms with Gasteiger partial charge < -0.3 is 4.74 Å². The van der Waals surface area contributed by atoms with E-state index in [0.717, 1.165) is 19.3 Å². The minimum absolute atomic E-state index is 0.174. The highest BCUT2D eigenvalue weighted by Gasteiger charge is 2.56. The van der Waals surface area contributed by atoms with Gasteiger partial charge >= 0.3 is 5.97 Å². The summed E-state index contributed by atoms with van der Waals surface area (Å²) in [6.45, 7) is 1.78. The van der Waals surface area contributed by atoms with Crippen LogP contribution in [0.1, 0.15) is 45.4 Å². The van der Waals surface area contributed by atoms with Crippen LogP contribution in [0, 0.1) is 16.0 Å². The fourth-order valence-electron chi connectivity index (χ4n) is 3.17. The first-order valence-electron chi connectivity index (χ1n) is 5.90. The van der Waals surface area contributed by atoms with Crippen LogP contribution in [0.15, 0.2) is 0 Å². The molecule has 0 aromatic heterocycles. The van der Waals surface area contributed by atoms with Crippen molar-refractivity contribution < 1.29 is 14.5 Å². The number of carbonyl (C=O) groups excluding carboxylic acids is 1. The van der Waals surface area contributed by atoms with E-state index in [9.17, 15) is 14.9 Å². The highest BCUT2D eigenvalue weighted by atomic mass is 16.6. The molecule has 0 aromatic carbocycles. The molecule has 0 aromatic rings. The van der Waals surface area contributed by atoms with Crippen LogP contribution in [0.4, 0.5) is 0 Å². The summed E-state index contributed by atoms with van der Waals surface area (Å²) in [5.41, 5.74) is -0.809. The van der Waals surface area contributed by atoms with Gasteiger partial charge in [0.15, 0.2) is 5.60 Å². The molecule has 1 saturated heterocycles. The zero-order valence-corrected chi connectivity index (χ0v) is 9.48. The summed E-state index contributed by atoms with van der Waals surface area (Å²) in [5.74, 6) is -0.484. The lowest BCUT2D eigenvalue weighted by Gasteiger charge is -2.43. The van der Waals surface area contributed by atoms with Crippen molar-refractivity contribution in [3.63, 3.8) is 0 Å². The standard InChI is InChI=1S/C11H17NO4/c1-8-7-9(13)16-11(10(8)12(14)15)5-3-2-4-6-11/h8,10H,2-7H2,1H3/t8-,10-/m1/s1. The van der Waals surface area contributed by atoms with Gasteiger partial charge in [0.1, 0.15) is 0 Å². The Morgan fingerprint density at radius 1 is 1.38 bits per heavy atom. The number of ether oxygens (including phenoxy) is 1. The molecule has 0 bridgehead atoms. The Morgan fingerprint density at radius 3 is 2.56 bits per heavy atom. The van der Waals surface area contributed by atoms with Crippen molar-refractivity contribution in [3.05, 3.63) is 10.1 Å². The van der Waals surface area contributed by atoms with Crippen molar-refractivity contribution in [2.45, 2.75) is 57.1 Å². The number of nitro groups is 1. The summed E-state index contributed by atoms with van der Waals surface area (Å²) in [6, 6.07) is -0.717. The van der Waals surface area contributed by atoms with Crippen molar-refractivity contribution in [2.24, 2.45) is 5.92 Å². The van der Waals surface area contributed by atoms with E-state index < -0.39 is 11.6 Å². The smallest absolute Gasteiger partial charge is 0.307 e. The molecule has 0 radical (unpaired) electrons. The molecule has 16 heavy (non-hydrogen) atoms.